The molecule has 2 rings (SSSR count). The van der Waals surface area contributed by atoms with Gasteiger partial charge in [-0.1, -0.05) is 68.0 Å². The highest BCUT2D eigenvalue weighted by Crippen LogP contribution is 2.23. The zero-order valence-electron chi connectivity index (χ0n) is 13.2. The lowest BCUT2D eigenvalue weighted by Gasteiger charge is -2.05. The summed E-state index contributed by atoms with van der Waals surface area (Å²) in [6, 6.07) is 7.44. The van der Waals surface area contributed by atoms with Crippen molar-refractivity contribution in [1.82, 2.24) is 15.0 Å². The highest BCUT2D eigenvalue weighted by Gasteiger charge is 2.04. The van der Waals surface area contributed by atoms with Crippen molar-refractivity contribution in [3.8, 4) is 5.75 Å². The summed E-state index contributed by atoms with van der Waals surface area (Å²) in [4.78, 5) is 0. The third-order valence-corrected chi connectivity index (χ3v) is 3.85. The molecular formula is C17H24ClN3O. The van der Waals surface area contributed by atoms with Crippen LogP contribution >= 0.6 is 11.6 Å². The van der Waals surface area contributed by atoms with Crippen LogP contribution in [0.2, 0.25) is 5.02 Å². The predicted octanol–water partition coefficient (Wildman–Crippen LogP) is 4.87. The summed E-state index contributed by atoms with van der Waals surface area (Å²) in [6.07, 6.45) is 9.63. The molecule has 5 heteroatoms. The molecule has 4 nitrogen and oxygen atoms in total. The molecule has 0 aliphatic rings. The first-order chi connectivity index (χ1) is 10.8. The average molecular weight is 322 g/mol. The predicted molar refractivity (Wildman–Crippen MR) is 89.2 cm³/mol. The summed E-state index contributed by atoms with van der Waals surface area (Å²) in [7, 11) is 0. The van der Waals surface area contributed by atoms with E-state index in [0.717, 1.165) is 18.7 Å². The standard InChI is InChI=1S/C17H24ClN3O/c1-2-3-4-5-6-9-12-21-13-15(19-20-21)14-22-17-11-8-7-10-16(17)18/h7-8,10-11,13H,2-6,9,12,14H2,1H3. The molecule has 2 aromatic rings. The Morgan fingerprint density at radius 2 is 1.86 bits per heavy atom. The van der Waals surface area contributed by atoms with E-state index in [1.54, 1.807) is 0 Å². The third-order valence-electron chi connectivity index (χ3n) is 3.54. The minimum absolute atomic E-state index is 0.389. The molecule has 0 amide bonds. The number of benzene rings is 1. The van der Waals surface area contributed by atoms with Gasteiger partial charge in [-0.05, 0) is 18.6 Å². The second kappa shape index (κ2) is 9.46. The summed E-state index contributed by atoms with van der Waals surface area (Å²) in [5.74, 6) is 0.676. The van der Waals surface area contributed by atoms with Crippen LogP contribution in [0.25, 0.3) is 0 Å². The van der Waals surface area contributed by atoms with Crippen molar-refractivity contribution < 1.29 is 4.74 Å². The zero-order valence-corrected chi connectivity index (χ0v) is 13.9. The SMILES string of the molecule is CCCCCCCCn1cc(COc2ccccc2Cl)nn1. The van der Waals surface area contributed by atoms with Crippen molar-refractivity contribution in [2.45, 2.75) is 58.6 Å². The molecule has 1 heterocycles. The largest absolute Gasteiger partial charge is 0.486 e. The van der Waals surface area contributed by atoms with E-state index >= 15 is 0 Å². The van der Waals surface area contributed by atoms with Gasteiger partial charge in [0.1, 0.15) is 18.1 Å². The minimum atomic E-state index is 0.389. The number of halogens is 1. The Balaban J connectivity index is 1.69. The van der Waals surface area contributed by atoms with Crippen LogP contribution in [0.1, 0.15) is 51.1 Å². The lowest BCUT2D eigenvalue weighted by atomic mass is 10.1. The van der Waals surface area contributed by atoms with Crippen LogP contribution in [0.3, 0.4) is 0 Å². The number of unbranched alkanes of at least 4 members (excludes halogenated alkanes) is 5. The van der Waals surface area contributed by atoms with Crippen molar-refractivity contribution in [1.29, 1.82) is 0 Å². The number of hydrogen-bond donors (Lipinski definition) is 0. The van der Waals surface area contributed by atoms with Gasteiger partial charge >= 0.3 is 0 Å². The first-order valence-electron chi connectivity index (χ1n) is 8.06. The van der Waals surface area contributed by atoms with E-state index in [2.05, 4.69) is 17.2 Å². The molecular weight excluding hydrogens is 298 g/mol. The van der Waals surface area contributed by atoms with Crippen LogP contribution in [0.5, 0.6) is 5.75 Å². The van der Waals surface area contributed by atoms with E-state index in [-0.39, 0.29) is 0 Å². The molecule has 0 saturated carbocycles. The van der Waals surface area contributed by atoms with Crippen LogP contribution in [0, 0.1) is 0 Å². The molecule has 120 valence electrons. The van der Waals surface area contributed by atoms with Gasteiger partial charge in [0.05, 0.1) is 11.2 Å². The lowest BCUT2D eigenvalue weighted by molar-refractivity contribution is 0.301. The topological polar surface area (TPSA) is 39.9 Å². The number of hydrogen-bond acceptors (Lipinski definition) is 3. The molecule has 0 bridgehead atoms. The molecule has 0 atom stereocenters. The zero-order chi connectivity index (χ0) is 15.6. The van der Waals surface area contributed by atoms with Gasteiger partial charge in [-0.25, -0.2) is 0 Å². The molecule has 1 aromatic carbocycles. The Kier molecular flexibility index (Phi) is 7.23. The molecule has 0 N–H and O–H groups in total. The molecule has 0 unspecified atom stereocenters. The molecule has 22 heavy (non-hydrogen) atoms. The van der Waals surface area contributed by atoms with E-state index in [1.165, 1.54) is 32.1 Å². The molecule has 0 aliphatic heterocycles. The third kappa shape index (κ3) is 5.68. The number of rotatable bonds is 10. The molecule has 0 fully saturated rings. The maximum atomic E-state index is 6.05. The summed E-state index contributed by atoms with van der Waals surface area (Å²) in [6.45, 7) is 3.55. The van der Waals surface area contributed by atoms with E-state index in [0.29, 0.717) is 17.4 Å². The fourth-order valence-electron chi connectivity index (χ4n) is 2.28. The molecule has 0 aliphatic carbocycles. The number of ether oxygens (including phenoxy) is 1. The van der Waals surface area contributed by atoms with Crippen molar-refractivity contribution in [2.24, 2.45) is 0 Å². The molecule has 0 spiro atoms. The second-order valence-electron chi connectivity index (χ2n) is 5.46. The van der Waals surface area contributed by atoms with Gasteiger partial charge in [0.2, 0.25) is 0 Å². The van der Waals surface area contributed by atoms with Crippen LogP contribution in [0.15, 0.2) is 30.5 Å². The summed E-state index contributed by atoms with van der Waals surface area (Å²) in [5.41, 5.74) is 0.825. The van der Waals surface area contributed by atoms with Gasteiger partial charge in [-0.2, -0.15) is 0 Å². The van der Waals surface area contributed by atoms with Crippen LogP contribution in [-0.2, 0) is 13.2 Å². The highest BCUT2D eigenvalue weighted by molar-refractivity contribution is 6.32. The Morgan fingerprint density at radius 1 is 1.09 bits per heavy atom. The molecule has 1 aromatic heterocycles. The number of nitrogens with zero attached hydrogens (tertiary/aromatic N) is 3. The Labute approximate surface area is 137 Å². The maximum Gasteiger partial charge on any atom is 0.138 e. The van der Waals surface area contributed by atoms with E-state index < -0.39 is 0 Å². The summed E-state index contributed by atoms with van der Waals surface area (Å²) < 4.78 is 7.55. The highest BCUT2D eigenvalue weighted by atomic mass is 35.5. The summed E-state index contributed by atoms with van der Waals surface area (Å²) in [5, 5.41) is 8.89. The van der Waals surface area contributed by atoms with E-state index in [9.17, 15) is 0 Å². The van der Waals surface area contributed by atoms with Gasteiger partial charge in [0.25, 0.3) is 0 Å². The number of aromatic nitrogens is 3. The summed E-state index contributed by atoms with van der Waals surface area (Å²) >= 11 is 6.05. The van der Waals surface area contributed by atoms with Gasteiger partial charge in [0, 0.05) is 6.54 Å². The number of para-hydroxylation sites is 1. The van der Waals surface area contributed by atoms with Gasteiger partial charge in [-0.15, -0.1) is 5.10 Å². The Bertz CT molecular complexity index is 556. The van der Waals surface area contributed by atoms with Gasteiger partial charge in [-0.3, -0.25) is 4.68 Å². The van der Waals surface area contributed by atoms with Crippen molar-refractivity contribution >= 4 is 11.6 Å². The van der Waals surface area contributed by atoms with Crippen LogP contribution in [-0.4, -0.2) is 15.0 Å². The van der Waals surface area contributed by atoms with Gasteiger partial charge < -0.3 is 4.74 Å². The fraction of sp³-hybridized carbons (Fsp3) is 0.529. The Morgan fingerprint density at radius 3 is 2.68 bits per heavy atom. The quantitative estimate of drug-likeness (QED) is 0.586. The van der Waals surface area contributed by atoms with Crippen LogP contribution < -0.4 is 4.74 Å². The van der Waals surface area contributed by atoms with Crippen molar-refractivity contribution in [3.63, 3.8) is 0 Å². The Hall–Kier alpha value is -1.55. The van der Waals surface area contributed by atoms with Crippen molar-refractivity contribution in [3.05, 3.63) is 41.2 Å². The van der Waals surface area contributed by atoms with Crippen LogP contribution in [0.4, 0.5) is 0 Å². The maximum absolute atomic E-state index is 6.05. The lowest BCUT2D eigenvalue weighted by Crippen LogP contribution is -1.99. The first kappa shape index (κ1) is 16.8. The van der Waals surface area contributed by atoms with Gasteiger partial charge in [0.15, 0.2) is 0 Å². The monoisotopic (exact) mass is 321 g/mol. The second-order valence-corrected chi connectivity index (χ2v) is 5.87. The minimum Gasteiger partial charge on any atom is -0.486 e. The molecule has 0 radical (unpaired) electrons. The molecule has 0 saturated heterocycles. The first-order valence-corrected chi connectivity index (χ1v) is 8.43. The van der Waals surface area contributed by atoms with Crippen molar-refractivity contribution in [2.75, 3.05) is 0 Å². The van der Waals surface area contributed by atoms with E-state index in [4.69, 9.17) is 16.3 Å². The smallest absolute Gasteiger partial charge is 0.138 e. The normalized spacial score (nSPS) is 10.8. The fourth-order valence-corrected chi connectivity index (χ4v) is 2.47. The number of aryl methyl sites for hydroxylation is 1. The average Bonchev–Trinajstić information content (AvgIpc) is 2.98. The van der Waals surface area contributed by atoms with E-state index in [1.807, 2.05) is 35.1 Å².